The Morgan fingerprint density at radius 1 is 1.00 bits per heavy atom. The Morgan fingerprint density at radius 3 is 2.83 bits per heavy atom. The van der Waals surface area contributed by atoms with Crippen molar-refractivity contribution in [3.63, 3.8) is 0 Å². The van der Waals surface area contributed by atoms with Gasteiger partial charge in [0.15, 0.2) is 11.4 Å². The molecule has 2 unspecified atom stereocenters. The molecule has 0 spiro atoms. The summed E-state index contributed by atoms with van der Waals surface area (Å²) >= 11 is 0. The Morgan fingerprint density at radius 2 is 1.91 bits per heavy atom. The minimum absolute atomic E-state index is 0.257. The van der Waals surface area contributed by atoms with Crippen LogP contribution in [-0.4, -0.2) is 71.9 Å². The average molecular weight is 480 g/mol. The molecule has 0 amide bonds. The minimum atomic E-state index is -0.257. The van der Waals surface area contributed by atoms with Crippen molar-refractivity contribution in [1.82, 2.24) is 19.9 Å². The molecule has 0 radical (unpaired) electrons. The molecule has 1 aromatic carbocycles. The Bertz CT molecular complexity index is 1150. The average Bonchev–Trinajstić information content (AvgIpc) is 3.31. The van der Waals surface area contributed by atoms with E-state index in [0.29, 0.717) is 24.1 Å². The van der Waals surface area contributed by atoms with Crippen molar-refractivity contribution in [2.45, 2.75) is 44.7 Å². The molecular formula is C27H34FN5O2. The van der Waals surface area contributed by atoms with Gasteiger partial charge in [-0.3, -0.25) is 9.80 Å². The summed E-state index contributed by atoms with van der Waals surface area (Å²) in [6.07, 6.45) is 6.19. The number of hydrogen-bond donors (Lipinski definition) is 0. The molecule has 186 valence electrons. The van der Waals surface area contributed by atoms with Gasteiger partial charge in [0, 0.05) is 50.7 Å². The van der Waals surface area contributed by atoms with Gasteiger partial charge >= 0.3 is 0 Å². The molecule has 3 aliphatic rings. The lowest BCUT2D eigenvalue weighted by Gasteiger charge is -2.46. The fourth-order valence-electron chi connectivity index (χ4n) is 5.89. The van der Waals surface area contributed by atoms with Crippen LogP contribution < -0.4 is 9.64 Å². The fourth-order valence-corrected chi connectivity index (χ4v) is 5.89. The van der Waals surface area contributed by atoms with Gasteiger partial charge in [0.2, 0.25) is 5.88 Å². The summed E-state index contributed by atoms with van der Waals surface area (Å²) in [5.74, 6) is 1.76. The van der Waals surface area contributed by atoms with Crippen LogP contribution in [0.4, 0.5) is 10.2 Å². The predicted octanol–water partition coefficient (Wildman–Crippen LogP) is 4.33. The van der Waals surface area contributed by atoms with Crippen LogP contribution in [0.2, 0.25) is 0 Å². The van der Waals surface area contributed by atoms with Crippen LogP contribution in [0, 0.1) is 11.7 Å². The zero-order chi connectivity index (χ0) is 23.6. The number of fused-ring (bicyclic) bond motifs is 2. The molecule has 3 saturated heterocycles. The molecule has 0 aliphatic carbocycles. The van der Waals surface area contributed by atoms with Crippen LogP contribution in [0.5, 0.6) is 5.88 Å². The van der Waals surface area contributed by atoms with Crippen molar-refractivity contribution in [2.75, 3.05) is 50.8 Å². The molecule has 35 heavy (non-hydrogen) atoms. The number of anilines is 1. The van der Waals surface area contributed by atoms with Crippen LogP contribution in [-0.2, 0) is 6.54 Å². The number of likely N-dealkylation sites (tertiary alicyclic amines) is 1. The molecule has 3 fully saturated rings. The number of ether oxygens (including phenoxy) is 1. The number of hydrogen-bond acceptors (Lipinski definition) is 7. The van der Waals surface area contributed by atoms with Crippen LogP contribution in [0.25, 0.3) is 11.0 Å². The highest BCUT2D eigenvalue weighted by Crippen LogP contribution is 2.32. The lowest BCUT2D eigenvalue weighted by molar-refractivity contribution is 0.0716. The van der Waals surface area contributed by atoms with E-state index in [1.807, 2.05) is 6.07 Å². The zero-order valence-electron chi connectivity index (χ0n) is 20.2. The van der Waals surface area contributed by atoms with Crippen LogP contribution in [0.3, 0.4) is 0 Å². The van der Waals surface area contributed by atoms with Gasteiger partial charge < -0.3 is 14.2 Å². The van der Waals surface area contributed by atoms with Gasteiger partial charge in [0.25, 0.3) is 0 Å². The van der Waals surface area contributed by atoms with Gasteiger partial charge in [-0.15, -0.1) is 0 Å². The molecule has 7 nitrogen and oxygen atoms in total. The normalized spacial score (nSPS) is 24.0. The van der Waals surface area contributed by atoms with E-state index in [9.17, 15) is 4.39 Å². The second kappa shape index (κ2) is 10.1. The summed E-state index contributed by atoms with van der Waals surface area (Å²) < 4.78 is 25.4. The van der Waals surface area contributed by atoms with E-state index in [1.54, 1.807) is 6.07 Å². The highest BCUT2D eigenvalue weighted by Gasteiger charge is 2.34. The third-order valence-corrected chi connectivity index (χ3v) is 7.80. The number of pyridine rings is 1. The summed E-state index contributed by atoms with van der Waals surface area (Å²) in [4.78, 5) is 12.1. The van der Waals surface area contributed by atoms with Crippen LogP contribution in [0.15, 0.2) is 40.9 Å². The Balaban J connectivity index is 1.02. The van der Waals surface area contributed by atoms with Gasteiger partial charge in [-0.1, -0.05) is 17.6 Å². The zero-order valence-corrected chi connectivity index (χ0v) is 20.2. The number of rotatable bonds is 6. The van der Waals surface area contributed by atoms with Crippen molar-refractivity contribution in [3.05, 3.63) is 47.9 Å². The molecule has 0 N–H and O–H groups in total. The predicted molar refractivity (Wildman–Crippen MR) is 133 cm³/mol. The van der Waals surface area contributed by atoms with Crippen molar-refractivity contribution in [3.8, 4) is 5.88 Å². The first kappa shape index (κ1) is 22.7. The highest BCUT2D eigenvalue weighted by atomic mass is 19.1. The standard InChI is InChI=1S/C27H34FN5O2/c28-21-8-10-25-24(15-21)27(30-35-25)33-14-13-32-16-20(7-9-23(32)18-33)19-34-26-6-4-5-22(29-26)17-31-11-2-1-3-12-31/h4-6,8,10,15,20,23H,1-3,7,9,11-14,16-19H2. The van der Waals surface area contributed by atoms with E-state index < -0.39 is 0 Å². The van der Waals surface area contributed by atoms with Gasteiger partial charge in [-0.2, -0.15) is 0 Å². The molecule has 2 aromatic heterocycles. The second-order valence-corrected chi connectivity index (χ2v) is 10.3. The maximum atomic E-state index is 13.8. The number of halogens is 1. The Kier molecular flexibility index (Phi) is 6.57. The van der Waals surface area contributed by atoms with Gasteiger partial charge in [0.05, 0.1) is 17.7 Å². The first-order valence-electron chi connectivity index (χ1n) is 13.1. The molecule has 3 aliphatic heterocycles. The van der Waals surface area contributed by atoms with Gasteiger partial charge in [-0.25, -0.2) is 9.37 Å². The summed E-state index contributed by atoms with van der Waals surface area (Å²) in [6.45, 7) is 7.74. The minimum Gasteiger partial charge on any atom is -0.477 e. The third kappa shape index (κ3) is 5.14. The van der Waals surface area contributed by atoms with Gasteiger partial charge in [-0.05, 0) is 63.0 Å². The second-order valence-electron chi connectivity index (χ2n) is 10.3. The van der Waals surface area contributed by atoms with Crippen molar-refractivity contribution in [1.29, 1.82) is 0 Å². The maximum absolute atomic E-state index is 13.8. The smallest absolute Gasteiger partial charge is 0.213 e. The quantitative estimate of drug-likeness (QED) is 0.522. The number of aromatic nitrogens is 2. The molecule has 6 rings (SSSR count). The first-order valence-corrected chi connectivity index (χ1v) is 13.1. The summed E-state index contributed by atoms with van der Waals surface area (Å²) in [5.41, 5.74) is 1.74. The lowest BCUT2D eigenvalue weighted by atomic mass is 9.91. The van der Waals surface area contributed by atoms with E-state index >= 15 is 0 Å². The Hall–Kier alpha value is -2.71. The molecule has 2 atom stereocenters. The fraction of sp³-hybridized carbons (Fsp3) is 0.556. The maximum Gasteiger partial charge on any atom is 0.213 e. The number of piperazine rings is 1. The number of nitrogens with zero attached hydrogens (tertiary/aromatic N) is 5. The third-order valence-electron chi connectivity index (χ3n) is 7.80. The highest BCUT2D eigenvalue weighted by molar-refractivity contribution is 5.88. The van der Waals surface area contributed by atoms with Crippen molar-refractivity contribution in [2.24, 2.45) is 5.92 Å². The molecule has 8 heteroatoms. The monoisotopic (exact) mass is 479 g/mol. The topological polar surface area (TPSA) is 57.9 Å². The van der Waals surface area contributed by atoms with Crippen LogP contribution in [0.1, 0.15) is 37.8 Å². The largest absolute Gasteiger partial charge is 0.477 e. The molecular weight excluding hydrogens is 445 g/mol. The molecule has 3 aromatic rings. The van der Waals surface area contributed by atoms with E-state index in [4.69, 9.17) is 14.2 Å². The number of piperidine rings is 2. The van der Waals surface area contributed by atoms with Crippen LogP contribution >= 0.6 is 0 Å². The van der Waals surface area contributed by atoms with E-state index in [-0.39, 0.29) is 5.82 Å². The first-order chi connectivity index (χ1) is 17.2. The SMILES string of the molecule is Fc1ccc2onc(N3CCN4CC(COc5cccc(CN6CCCCC6)n5)CCC4C3)c2c1. The Labute approximate surface area is 205 Å². The summed E-state index contributed by atoms with van der Waals surface area (Å²) in [5, 5.41) is 5.02. The molecule has 5 heterocycles. The lowest BCUT2D eigenvalue weighted by Crippen LogP contribution is -2.57. The van der Waals surface area contributed by atoms with E-state index in [1.165, 1.54) is 44.5 Å². The van der Waals surface area contributed by atoms with E-state index in [0.717, 1.165) is 68.3 Å². The molecule has 0 bridgehead atoms. The van der Waals surface area contributed by atoms with Gasteiger partial charge in [0.1, 0.15) is 5.82 Å². The van der Waals surface area contributed by atoms with Crippen molar-refractivity contribution >= 4 is 16.8 Å². The van der Waals surface area contributed by atoms with E-state index in [2.05, 4.69) is 32.0 Å². The number of benzene rings is 1. The van der Waals surface area contributed by atoms with Crippen molar-refractivity contribution < 1.29 is 13.7 Å². The summed E-state index contributed by atoms with van der Waals surface area (Å²) in [6, 6.07) is 11.2. The molecule has 0 saturated carbocycles. The summed E-state index contributed by atoms with van der Waals surface area (Å²) in [7, 11) is 0.